The van der Waals surface area contributed by atoms with Gasteiger partial charge in [0.2, 0.25) is 0 Å². The molecular weight excluding hydrogens is 359 g/mol. The van der Waals surface area contributed by atoms with Gasteiger partial charge in [-0.05, 0) is 49.2 Å². The van der Waals surface area contributed by atoms with Crippen LogP contribution in [0.4, 0.5) is 18.9 Å². The molecule has 0 fully saturated rings. The van der Waals surface area contributed by atoms with E-state index < -0.39 is 30.2 Å². The zero-order chi connectivity index (χ0) is 20.0. The SMILES string of the molecule is Cc1ccc(NC(=O)COC(=O)/C=C/c2ccc(C(F)(F)F)cc2)c(C)c1. The third-order valence-electron chi connectivity index (χ3n) is 3.65. The van der Waals surface area contributed by atoms with E-state index >= 15 is 0 Å². The van der Waals surface area contributed by atoms with Gasteiger partial charge in [-0.2, -0.15) is 13.2 Å². The van der Waals surface area contributed by atoms with E-state index in [2.05, 4.69) is 5.32 Å². The van der Waals surface area contributed by atoms with Crippen LogP contribution in [0.5, 0.6) is 0 Å². The second-order valence-corrected chi connectivity index (χ2v) is 5.93. The molecular formula is C20H18F3NO3. The summed E-state index contributed by atoms with van der Waals surface area (Å²) in [5, 5.41) is 2.64. The lowest BCUT2D eigenvalue weighted by atomic mass is 10.1. The first-order valence-electron chi connectivity index (χ1n) is 8.04. The molecule has 4 nitrogen and oxygen atoms in total. The van der Waals surface area contributed by atoms with Crippen LogP contribution in [0.15, 0.2) is 48.5 Å². The van der Waals surface area contributed by atoms with Crippen LogP contribution in [-0.2, 0) is 20.5 Å². The summed E-state index contributed by atoms with van der Waals surface area (Å²) in [7, 11) is 0. The number of carbonyl (C=O) groups is 2. The van der Waals surface area contributed by atoms with Crippen molar-refractivity contribution in [3.05, 3.63) is 70.8 Å². The summed E-state index contributed by atoms with van der Waals surface area (Å²) in [6, 6.07) is 9.83. The molecule has 0 aliphatic carbocycles. The average Bonchev–Trinajstić information content (AvgIpc) is 2.60. The number of esters is 1. The lowest BCUT2D eigenvalue weighted by Crippen LogP contribution is -2.20. The average molecular weight is 377 g/mol. The molecule has 2 aromatic carbocycles. The monoisotopic (exact) mass is 377 g/mol. The lowest BCUT2D eigenvalue weighted by molar-refractivity contribution is -0.142. The minimum Gasteiger partial charge on any atom is -0.452 e. The first kappa shape index (κ1) is 20.2. The van der Waals surface area contributed by atoms with Crippen molar-refractivity contribution in [1.82, 2.24) is 0 Å². The van der Waals surface area contributed by atoms with Crippen LogP contribution >= 0.6 is 0 Å². The summed E-state index contributed by atoms with van der Waals surface area (Å²) in [6.45, 7) is 3.31. The Hall–Kier alpha value is -3.09. The highest BCUT2D eigenvalue weighted by Gasteiger charge is 2.29. The van der Waals surface area contributed by atoms with Gasteiger partial charge in [0, 0.05) is 11.8 Å². The highest BCUT2D eigenvalue weighted by Crippen LogP contribution is 2.29. The van der Waals surface area contributed by atoms with Gasteiger partial charge in [0.05, 0.1) is 5.56 Å². The Bertz CT molecular complexity index is 856. The van der Waals surface area contributed by atoms with E-state index in [1.807, 2.05) is 26.0 Å². The zero-order valence-electron chi connectivity index (χ0n) is 14.8. The predicted molar refractivity (Wildman–Crippen MR) is 96.0 cm³/mol. The van der Waals surface area contributed by atoms with Gasteiger partial charge in [0.1, 0.15) is 0 Å². The number of rotatable bonds is 5. The minimum atomic E-state index is -4.41. The Balaban J connectivity index is 1.84. The number of ether oxygens (including phenoxy) is 1. The number of anilines is 1. The summed E-state index contributed by atoms with van der Waals surface area (Å²) in [6.07, 6.45) is -2.05. The molecule has 0 atom stereocenters. The van der Waals surface area contributed by atoms with E-state index in [1.165, 1.54) is 18.2 Å². The van der Waals surface area contributed by atoms with E-state index in [9.17, 15) is 22.8 Å². The Morgan fingerprint density at radius 1 is 1.07 bits per heavy atom. The van der Waals surface area contributed by atoms with Crippen molar-refractivity contribution in [1.29, 1.82) is 0 Å². The fraction of sp³-hybridized carbons (Fsp3) is 0.200. The molecule has 0 aromatic heterocycles. The highest BCUT2D eigenvalue weighted by atomic mass is 19.4. The van der Waals surface area contributed by atoms with Crippen LogP contribution in [0.25, 0.3) is 6.08 Å². The third-order valence-corrected chi connectivity index (χ3v) is 3.65. The standard InChI is InChI=1S/C20H18F3NO3/c1-13-3-9-17(14(2)11-13)24-18(25)12-27-19(26)10-6-15-4-7-16(8-5-15)20(21,22)23/h3-11H,12H2,1-2H3,(H,24,25)/b10-6+. The van der Waals surface area contributed by atoms with E-state index in [0.717, 1.165) is 29.3 Å². The number of hydrogen-bond acceptors (Lipinski definition) is 3. The molecule has 0 heterocycles. The van der Waals surface area contributed by atoms with Crippen molar-refractivity contribution in [2.45, 2.75) is 20.0 Å². The predicted octanol–water partition coefficient (Wildman–Crippen LogP) is 4.52. The van der Waals surface area contributed by atoms with Gasteiger partial charge < -0.3 is 10.1 Å². The summed E-state index contributed by atoms with van der Waals surface area (Å²) in [4.78, 5) is 23.5. The fourth-order valence-electron chi connectivity index (χ4n) is 2.27. The number of alkyl halides is 3. The van der Waals surface area contributed by atoms with E-state index in [4.69, 9.17) is 4.74 Å². The normalized spacial score (nSPS) is 11.4. The van der Waals surface area contributed by atoms with Crippen molar-refractivity contribution < 1.29 is 27.5 Å². The van der Waals surface area contributed by atoms with Crippen molar-refractivity contribution in [3.8, 4) is 0 Å². The number of nitrogens with one attached hydrogen (secondary N) is 1. The molecule has 0 saturated carbocycles. The molecule has 2 rings (SSSR count). The zero-order valence-corrected chi connectivity index (χ0v) is 14.8. The minimum absolute atomic E-state index is 0.402. The summed E-state index contributed by atoms with van der Waals surface area (Å²) < 4.78 is 42.3. The Morgan fingerprint density at radius 2 is 1.74 bits per heavy atom. The van der Waals surface area contributed by atoms with Crippen molar-refractivity contribution in [2.75, 3.05) is 11.9 Å². The van der Waals surface area contributed by atoms with Gasteiger partial charge in [-0.1, -0.05) is 29.8 Å². The van der Waals surface area contributed by atoms with Crippen LogP contribution < -0.4 is 5.32 Å². The number of aryl methyl sites for hydroxylation is 2. The molecule has 0 aliphatic rings. The van der Waals surface area contributed by atoms with Crippen LogP contribution in [0, 0.1) is 13.8 Å². The first-order chi connectivity index (χ1) is 12.6. The smallest absolute Gasteiger partial charge is 0.416 e. The molecule has 27 heavy (non-hydrogen) atoms. The Kier molecular flexibility index (Phi) is 6.39. The maximum absolute atomic E-state index is 12.5. The van der Waals surface area contributed by atoms with Crippen LogP contribution in [-0.4, -0.2) is 18.5 Å². The van der Waals surface area contributed by atoms with Crippen molar-refractivity contribution in [2.24, 2.45) is 0 Å². The number of halogens is 3. The van der Waals surface area contributed by atoms with Crippen molar-refractivity contribution >= 4 is 23.6 Å². The number of benzene rings is 2. The molecule has 0 radical (unpaired) electrons. The van der Waals surface area contributed by atoms with E-state index in [-0.39, 0.29) is 0 Å². The van der Waals surface area contributed by atoms with Gasteiger partial charge in [-0.15, -0.1) is 0 Å². The van der Waals surface area contributed by atoms with Crippen LogP contribution in [0.3, 0.4) is 0 Å². The molecule has 1 amide bonds. The second-order valence-electron chi connectivity index (χ2n) is 5.93. The molecule has 0 bridgehead atoms. The molecule has 1 N–H and O–H groups in total. The molecule has 142 valence electrons. The first-order valence-corrected chi connectivity index (χ1v) is 8.04. The Labute approximate surface area is 154 Å². The van der Waals surface area contributed by atoms with Gasteiger partial charge in [0.15, 0.2) is 6.61 Å². The van der Waals surface area contributed by atoms with Crippen LogP contribution in [0.1, 0.15) is 22.3 Å². The van der Waals surface area contributed by atoms with E-state index in [1.54, 1.807) is 6.07 Å². The van der Waals surface area contributed by atoms with E-state index in [0.29, 0.717) is 11.3 Å². The molecule has 7 heteroatoms. The maximum atomic E-state index is 12.5. The molecule has 0 saturated heterocycles. The second kappa shape index (κ2) is 8.53. The molecule has 0 aliphatic heterocycles. The maximum Gasteiger partial charge on any atom is 0.416 e. The summed E-state index contributed by atoms with van der Waals surface area (Å²) in [5.74, 6) is -1.26. The van der Waals surface area contributed by atoms with Crippen LogP contribution in [0.2, 0.25) is 0 Å². The number of hydrogen-bond donors (Lipinski definition) is 1. The highest BCUT2D eigenvalue weighted by molar-refractivity contribution is 5.95. The number of amides is 1. The molecule has 2 aromatic rings. The third kappa shape index (κ3) is 6.29. The summed E-state index contributed by atoms with van der Waals surface area (Å²) >= 11 is 0. The topological polar surface area (TPSA) is 55.4 Å². The van der Waals surface area contributed by atoms with Crippen molar-refractivity contribution in [3.63, 3.8) is 0 Å². The fourth-order valence-corrected chi connectivity index (χ4v) is 2.27. The quantitative estimate of drug-likeness (QED) is 0.616. The van der Waals surface area contributed by atoms with Gasteiger partial charge in [-0.3, -0.25) is 4.79 Å². The lowest BCUT2D eigenvalue weighted by Gasteiger charge is -2.09. The van der Waals surface area contributed by atoms with Gasteiger partial charge >= 0.3 is 12.1 Å². The molecule has 0 spiro atoms. The summed E-state index contributed by atoms with van der Waals surface area (Å²) in [5.41, 5.74) is 2.20. The largest absolute Gasteiger partial charge is 0.452 e. The Morgan fingerprint density at radius 3 is 2.33 bits per heavy atom. The van der Waals surface area contributed by atoms with Gasteiger partial charge in [-0.25, -0.2) is 4.79 Å². The molecule has 0 unspecified atom stereocenters. The number of carbonyl (C=O) groups excluding carboxylic acids is 2. The van der Waals surface area contributed by atoms with Gasteiger partial charge in [0.25, 0.3) is 5.91 Å².